The highest BCUT2D eigenvalue weighted by Crippen LogP contribution is 2.26. The number of nitrogens with one attached hydrogen (secondary N) is 1. The number of rotatable bonds is 10. The first-order chi connectivity index (χ1) is 15.8. The molecule has 0 aliphatic heterocycles. The number of benzene rings is 3. The lowest BCUT2D eigenvalue weighted by Gasteiger charge is -2.25. The highest BCUT2D eigenvalue weighted by molar-refractivity contribution is 7.92. The third-order valence-electron chi connectivity index (χ3n) is 5.31. The molecule has 0 fully saturated rings. The van der Waals surface area contributed by atoms with E-state index < -0.39 is 10.0 Å². The van der Waals surface area contributed by atoms with Crippen molar-refractivity contribution in [3.63, 3.8) is 0 Å². The van der Waals surface area contributed by atoms with Gasteiger partial charge in [-0.3, -0.25) is 9.10 Å². The average molecular weight is 467 g/mol. The number of nitrogens with zero attached hydrogens (tertiary/aromatic N) is 1. The fourth-order valence-corrected chi connectivity index (χ4v) is 4.80. The van der Waals surface area contributed by atoms with Gasteiger partial charge in [-0.2, -0.15) is 0 Å². The van der Waals surface area contributed by atoms with Gasteiger partial charge >= 0.3 is 0 Å². The lowest BCUT2D eigenvalue weighted by molar-refractivity contribution is -0.119. The van der Waals surface area contributed by atoms with Crippen molar-refractivity contribution in [3.05, 3.63) is 90.0 Å². The number of anilines is 1. The van der Waals surface area contributed by atoms with Crippen molar-refractivity contribution >= 4 is 21.6 Å². The standard InChI is InChI=1S/C26H30N2O4S/c1-4-32-24-14-12-23(13-15-24)28(33(30,31)25-16-10-20(2)11-17-25)19-26(29)27-18-21(3)22-8-6-5-7-9-22/h5-17,21H,4,18-19H2,1-3H3,(H,27,29)/t21-/m0/s1. The Morgan fingerprint density at radius 1 is 0.970 bits per heavy atom. The van der Waals surface area contributed by atoms with E-state index in [0.717, 1.165) is 15.4 Å². The Bertz CT molecular complexity index is 1150. The minimum absolute atomic E-state index is 0.0998. The molecular formula is C26H30N2O4S. The Morgan fingerprint density at radius 2 is 1.61 bits per heavy atom. The van der Waals surface area contributed by atoms with Crippen molar-refractivity contribution in [1.82, 2.24) is 5.32 Å². The fourth-order valence-electron chi connectivity index (χ4n) is 3.38. The van der Waals surface area contributed by atoms with Gasteiger partial charge in [-0.1, -0.05) is 55.0 Å². The van der Waals surface area contributed by atoms with E-state index in [0.29, 0.717) is 24.6 Å². The molecule has 0 aliphatic carbocycles. The Balaban J connectivity index is 1.82. The fraction of sp³-hybridized carbons (Fsp3) is 0.269. The van der Waals surface area contributed by atoms with Gasteiger partial charge in [0.25, 0.3) is 10.0 Å². The van der Waals surface area contributed by atoms with Gasteiger partial charge in [0.2, 0.25) is 5.91 Å². The van der Waals surface area contributed by atoms with Gasteiger partial charge < -0.3 is 10.1 Å². The van der Waals surface area contributed by atoms with E-state index in [1.165, 1.54) is 0 Å². The monoisotopic (exact) mass is 466 g/mol. The van der Waals surface area contributed by atoms with E-state index in [1.54, 1.807) is 48.5 Å². The van der Waals surface area contributed by atoms with Gasteiger partial charge in [-0.25, -0.2) is 8.42 Å². The van der Waals surface area contributed by atoms with Gasteiger partial charge in [0.15, 0.2) is 0 Å². The highest BCUT2D eigenvalue weighted by Gasteiger charge is 2.27. The van der Waals surface area contributed by atoms with Gasteiger partial charge in [0.05, 0.1) is 17.2 Å². The molecule has 3 rings (SSSR count). The van der Waals surface area contributed by atoms with Gasteiger partial charge in [0, 0.05) is 6.54 Å². The van der Waals surface area contributed by atoms with Crippen molar-refractivity contribution in [2.45, 2.75) is 31.6 Å². The lowest BCUT2D eigenvalue weighted by Crippen LogP contribution is -2.41. The molecule has 0 bridgehead atoms. The van der Waals surface area contributed by atoms with Gasteiger partial charge in [-0.15, -0.1) is 0 Å². The second-order valence-electron chi connectivity index (χ2n) is 7.87. The van der Waals surface area contributed by atoms with Crippen LogP contribution in [0.3, 0.4) is 0 Å². The largest absolute Gasteiger partial charge is 0.494 e. The molecule has 0 saturated carbocycles. The van der Waals surface area contributed by atoms with Crippen LogP contribution in [-0.2, 0) is 14.8 Å². The summed E-state index contributed by atoms with van der Waals surface area (Å²) in [6, 6.07) is 23.2. The van der Waals surface area contributed by atoms with Crippen LogP contribution in [0.1, 0.15) is 30.9 Å². The number of carbonyl (C=O) groups is 1. The van der Waals surface area contributed by atoms with Crippen molar-refractivity contribution in [3.8, 4) is 5.75 Å². The first kappa shape index (κ1) is 24.3. The zero-order valence-electron chi connectivity index (χ0n) is 19.2. The van der Waals surface area contributed by atoms with Crippen LogP contribution in [0.5, 0.6) is 5.75 Å². The molecule has 0 heterocycles. The normalized spacial score (nSPS) is 12.1. The summed E-state index contributed by atoms with van der Waals surface area (Å²) in [4.78, 5) is 13.0. The Kier molecular flexibility index (Phi) is 8.11. The molecule has 0 spiro atoms. The molecule has 1 amide bonds. The van der Waals surface area contributed by atoms with E-state index in [4.69, 9.17) is 4.74 Å². The molecular weight excluding hydrogens is 436 g/mol. The van der Waals surface area contributed by atoms with E-state index in [9.17, 15) is 13.2 Å². The van der Waals surface area contributed by atoms with Crippen LogP contribution in [0, 0.1) is 6.92 Å². The Morgan fingerprint density at radius 3 is 2.21 bits per heavy atom. The summed E-state index contributed by atoms with van der Waals surface area (Å²) in [6.45, 7) is 6.37. The topological polar surface area (TPSA) is 75.7 Å². The quantitative estimate of drug-likeness (QED) is 0.477. The zero-order valence-corrected chi connectivity index (χ0v) is 20.0. The maximum atomic E-state index is 13.5. The summed E-state index contributed by atoms with van der Waals surface area (Å²) in [5, 5.41) is 2.88. The van der Waals surface area contributed by atoms with Gasteiger partial charge in [-0.05, 0) is 61.7 Å². The minimum Gasteiger partial charge on any atom is -0.494 e. The third-order valence-corrected chi connectivity index (χ3v) is 7.09. The number of carbonyl (C=O) groups excluding carboxylic acids is 1. The second kappa shape index (κ2) is 11.0. The molecule has 0 saturated heterocycles. The highest BCUT2D eigenvalue weighted by atomic mass is 32.2. The number of ether oxygens (including phenoxy) is 1. The van der Waals surface area contributed by atoms with E-state index in [1.807, 2.05) is 51.1 Å². The predicted octanol–water partition coefficient (Wildman–Crippen LogP) is 4.51. The van der Waals surface area contributed by atoms with Crippen molar-refractivity contribution in [2.75, 3.05) is 24.0 Å². The smallest absolute Gasteiger partial charge is 0.264 e. The first-order valence-corrected chi connectivity index (χ1v) is 12.4. The number of amides is 1. The Hall–Kier alpha value is -3.32. The summed E-state index contributed by atoms with van der Waals surface area (Å²) in [7, 11) is -3.95. The number of sulfonamides is 1. The number of hydrogen-bond acceptors (Lipinski definition) is 4. The average Bonchev–Trinajstić information content (AvgIpc) is 2.82. The maximum absolute atomic E-state index is 13.5. The molecule has 1 N–H and O–H groups in total. The van der Waals surface area contributed by atoms with Crippen LogP contribution in [0.4, 0.5) is 5.69 Å². The van der Waals surface area contributed by atoms with E-state index >= 15 is 0 Å². The van der Waals surface area contributed by atoms with Crippen LogP contribution in [-0.4, -0.2) is 34.0 Å². The zero-order chi connectivity index (χ0) is 23.8. The second-order valence-corrected chi connectivity index (χ2v) is 9.73. The molecule has 6 nitrogen and oxygen atoms in total. The summed E-state index contributed by atoms with van der Waals surface area (Å²) >= 11 is 0. The van der Waals surface area contributed by atoms with Crippen LogP contribution < -0.4 is 14.4 Å². The predicted molar refractivity (Wildman–Crippen MR) is 131 cm³/mol. The lowest BCUT2D eigenvalue weighted by atomic mass is 10.0. The summed E-state index contributed by atoms with van der Waals surface area (Å²) in [6.07, 6.45) is 0. The summed E-state index contributed by atoms with van der Waals surface area (Å²) in [5.41, 5.74) is 2.45. The molecule has 0 radical (unpaired) electrons. The molecule has 0 aliphatic rings. The Labute approximate surface area is 196 Å². The minimum atomic E-state index is -3.95. The number of hydrogen-bond donors (Lipinski definition) is 1. The van der Waals surface area contributed by atoms with Crippen LogP contribution in [0.25, 0.3) is 0 Å². The molecule has 1 atom stereocenters. The molecule has 174 valence electrons. The first-order valence-electron chi connectivity index (χ1n) is 10.9. The summed E-state index contributed by atoms with van der Waals surface area (Å²) in [5.74, 6) is 0.361. The van der Waals surface area contributed by atoms with Crippen LogP contribution in [0.15, 0.2) is 83.8 Å². The van der Waals surface area contributed by atoms with E-state index in [2.05, 4.69) is 5.32 Å². The number of aryl methyl sites for hydroxylation is 1. The van der Waals surface area contributed by atoms with Crippen LogP contribution >= 0.6 is 0 Å². The van der Waals surface area contributed by atoms with Crippen molar-refractivity contribution in [1.29, 1.82) is 0 Å². The SMILES string of the molecule is CCOc1ccc(N(CC(=O)NC[C@H](C)c2ccccc2)S(=O)(=O)c2ccc(C)cc2)cc1. The molecule has 0 aromatic heterocycles. The maximum Gasteiger partial charge on any atom is 0.264 e. The molecule has 33 heavy (non-hydrogen) atoms. The summed E-state index contributed by atoms with van der Waals surface area (Å²) < 4.78 is 33.5. The van der Waals surface area contributed by atoms with Gasteiger partial charge in [0.1, 0.15) is 12.3 Å². The van der Waals surface area contributed by atoms with Crippen LogP contribution in [0.2, 0.25) is 0 Å². The van der Waals surface area contributed by atoms with Crippen molar-refractivity contribution < 1.29 is 17.9 Å². The molecule has 0 unspecified atom stereocenters. The van der Waals surface area contributed by atoms with Crippen molar-refractivity contribution in [2.24, 2.45) is 0 Å². The van der Waals surface area contributed by atoms with E-state index in [-0.39, 0.29) is 23.3 Å². The molecule has 3 aromatic carbocycles. The third kappa shape index (κ3) is 6.35. The molecule has 7 heteroatoms. The molecule has 3 aromatic rings.